The number of halogens is 2. The predicted octanol–water partition coefficient (Wildman–Crippen LogP) is 1.57. The Morgan fingerprint density at radius 1 is 1.21 bits per heavy atom. The van der Waals surface area contributed by atoms with E-state index in [-0.39, 0.29) is 29.7 Å². The van der Waals surface area contributed by atoms with Crippen LogP contribution in [0.25, 0.3) is 0 Å². The highest BCUT2D eigenvalue weighted by Gasteiger charge is 2.15. The molecule has 0 aromatic rings. The molecule has 0 saturated heterocycles. The van der Waals surface area contributed by atoms with Crippen LogP contribution in [0.1, 0.15) is 6.42 Å². The first-order valence-electron chi connectivity index (χ1n) is 3.80. The Hall–Kier alpha value is -0.740. The van der Waals surface area contributed by atoms with Crippen LogP contribution in [0.4, 0.5) is 0 Å². The molecule has 80 valence electrons. The number of carboxylic acid groups (broad SMARTS) is 2. The molecule has 0 spiro atoms. The van der Waals surface area contributed by atoms with Gasteiger partial charge in [-0.15, -0.1) is 23.2 Å². The van der Waals surface area contributed by atoms with Gasteiger partial charge in [0.2, 0.25) is 0 Å². The van der Waals surface area contributed by atoms with E-state index in [0.29, 0.717) is 6.08 Å². The molecule has 0 radical (unpaired) electrons. The van der Waals surface area contributed by atoms with Crippen LogP contribution in [0.3, 0.4) is 0 Å². The van der Waals surface area contributed by atoms with Crippen LogP contribution >= 0.6 is 23.2 Å². The SMILES string of the molecule is O=C(O)/C=C(/CC(CCl)CCl)C(=O)O. The van der Waals surface area contributed by atoms with Gasteiger partial charge in [0.05, 0.1) is 0 Å². The van der Waals surface area contributed by atoms with Crippen molar-refractivity contribution in [3.63, 3.8) is 0 Å². The van der Waals surface area contributed by atoms with Crippen molar-refractivity contribution in [1.29, 1.82) is 0 Å². The maximum Gasteiger partial charge on any atom is 0.331 e. The second-order valence-corrected chi connectivity index (χ2v) is 3.31. The highest BCUT2D eigenvalue weighted by molar-refractivity contribution is 6.20. The summed E-state index contributed by atoms with van der Waals surface area (Å²) < 4.78 is 0. The van der Waals surface area contributed by atoms with E-state index in [9.17, 15) is 9.59 Å². The third kappa shape index (κ3) is 5.09. The molecule has 0 aliphatic heterocycles. The molecular weight excluding hydrogens is 231 g/mol. The number of rotatable bonds is 6. The Kier molecular flexibility index (Phi) is 6.32. The minimum Gasteiger partial charge on any atom is -0.478 e. The van der Waals surface area contributed by atoms with Gasteiger partial charge in [-0.25, -0.2) is 9.59 Å². The van der Waals surface area contributed by atoms with Gasteiger partial charge in [0.25, 0.3) is 0 Å². The van der Waals surface area contributed by atoms with Gasteiger partial charge >= 0.3 is 11.9 Å². The average Bonchev–Trinajstić information content (AvgIpc) is 2.11. The molecule has 0 aromatic heterocycles. The van der Waals surface area contributed by atoms with Crippen molar-refractivity contribution >= 4 is 35.1 Å². The third-order valence-electron chi connectivity index (χ3n) is 1.52. The molecule has 14 heavy (non-hydrogen) atoms. The second-order valence-electron chi connectivity index (χ2n) is 2.69. The molecular formula is C8H10Cl2O4. The molecule has 0 aliphatic rings. The van der Waals surface area contributed by atoms with Crippen LogP contribution in [0.2, 0.25) is 0 Å². The summed E-state index contributed by atoms with van der Waals surface area (Å²) in [6.45, 7) is 0. The van der Waals surface area contributed by atoms with E-state index in [1.807, 2.05) is 0 Å². The van der Waals surface area contributed by atoms with Crippen molar-refractivity contribution in [2.75, 3.05) is 11.8 Å². The van der Waals surface area contributed by atoms with Gasteiger partial charge in [-0.3, -0.25) is 0 Å². The Morgan fingerprint density at radius 2 is 1.71 bits per heavy atom. The van der Waals surface area contributed by atoms with Gasteiger partial charge in [-0.05, 0) is 12.3 Å². The maximum atomic E-state index is 10.6. The van der Waals surface area contributed by atoms with E-state index >= 15 is 0 Å². The summed E-state index contributed by atoms with van der Waals surface area (Å²) in [5, 5.41) is 17.0. The molecule has 0 atom stereocenters. The molecule has 0 rings (SSSR count). The monoisotopic (exact) mass is 240 g/mol. The lowest BCUT2D eigenvalue weighted by Crippen LogP contribution is -2.12. The van der Waals surface area contributed by atoms with E-state index in [1.54, 1.807) is 0 Å². The lowest BCUT2D eigenvalue weighted by Gasteiger charge is -2.09. The number of carboxylic acids is 2. The lowest BCUT2D eigenvalue weighted by atomic mass is 10.0. The molecule has 2 N–H and O–H groups in total. The summed E-state index contributed by atoms with van der Waals surface area (Å²) in [5.74, 6) is -2.36. The van der Waals surface area contributed by atoms with E-state index in [2.05, 4.69) is 0 Å². The summed E-state index contributed by atoms with van der Waals surface area (Å²) in [6, 6.07) is 0. The Balaban J connectivity index is 4.53. The summed E-state index contributed by atoms with van der Waals surface area (Å²) in [5.41, 5.74) is -0.191. The number of hydrogen-bond acceptors (Lipinski definition) is 2. The zero-order chi connectivity index (χ0) is 11.1. The number of aliphatic carboxylic acids is 2. The molecule has 0 unspecified atom stereocenters. The Labute approximate surface area is 91.1 Å². The van der Waals surface area contributed by atoms with Crippen LogP contribution in [0, 0.1) is 5.92 Å². The first kappa shape index (κ1) is 13.3. The molecule has 0 fully saturated rings. The zero-order valence-electron chi connectivity index (χ0n) is 7.24. The third-order valence-corrected chi connectivity index (χ3v) is 2.39. The smallest absolute Gasteiger partial charge is 0.331 e. The van der Waals surface area contributed by atoms with Gasteiger partial charge in [-0.2, -0.15) is 0 Å². The molecule has 0 saturated carbocycles. The van der Waals surface area contributed by atoms with Gasteiger partial charge in [0.1, 0.15) is 0 Å². The highest BCUT2D eigenvalue weighted by atomic mass is 35.5. The number of alkyl halides is 2. The van der Waals surface area contributed by atoms with Gasteiger partial charge in [0, 0.05) is 23.4 Å². The summed E-state index contributed by atoms with van der Waals surface area (Å²) >= 11 is 11.0. The van der Waals surface area contributed by atoms with Gasteiger partial charge in [0.15, 0.2) is 0 Å². The standard InChI is InChI=1S/C8H10Cl2O4/c9-3-5(4-10)1-6(8(13)14)2-7(11)12/h2,5H,1,3-4H2,(H,11,12)(H,13,14)/b6-2-. The minimum absolute atomic E-state index is 0.0641. The number of carbonyl (C=O) groups is 2. The quantitative estimate of drug-likeness (QED) is 0.546. The highest BCUT2D eigenvalue weighted by Crippen LogP contribution is 2.15. The van der Waals surface area contributed by atoms with Crippen LogP contribution in [-0.4, -0.2) is 33.9 Å². The topological polar surface area (TPSA) is 74.6 Å². The van der Waals surface area contributed by atoms with Gasteiger partial charge < -0.3 is 10.2 Å². The number of hydrogen-bond donors (Lipinski definition) is 2. The van der Waals surface area contributed by atoms with Crippen molar-refractivity contribution in [1.82, 2.24) is 0 Å². The fraction of sp³-hybridized carbons (Fsp3) is 0.500. The van der Waals surface area contributed by atoms with E-state index < -0.39 is 11.9 Å². The molecule has 6 heteroatoms. The van der Waals surface area contributed by atoms with Crippen LogP contribution in [0.15, 0.2) is 11.6 Å². The van der Waals surface area contributed by atoms with Crippen LogP contribution in [0.5, 0.6) is 0 Å². The molecule has 0 amide bonds. The van der Waals surface area contributed by atoms with Crippen molar-refractivity contribution < 1.29 is 19.8 Å². The van der Waals surface area contributed by atoms with Crippen molar-refractivity contribution in [3.05, 3.63) is 11.6 Å². The minimum atomic E-state index is -1.29. The summed E-state index contributed by atoms with van der Waals surface area (Å²) in [6.07, 6.45) is 0.725. The normalized spacial score (nSPS) is 11.8. The van der Waals surface area contributed by atoms with E-state index in [4.69, 9.17) is 33.4 Å². The van der Waals surface area contributed by atoms with Crippen LogP contribution in [-0.2, 0) is 9.59 Å². The predicted molar refractivity (Wildman–Crippen MR) is 52.9 cm³/mol. The fourth-order valence-electron chi connectivity index (χ4n) is 0.818. The molecule has 0 aliphatic carbocycles. The zero-order valence-corrected chi connectivity index (χ0v) is 8.75. The second kappa shape index (κ2) is 6.68. The molecule has 0 bridgehead atoms. The van der Waals surface area contributed by atoms with Crippen LogP contribution < -0.4 is 0 Å². The van der Waals surface area contributed by atoms with Crippen molar-refractivity contribution in [3.8, 4) is 0 Å². The van der Waals surface area contributed by atoms with Gasteiger partial charge in [-0.1, -0.05) is 0 Å². The van der Waals surface area contributed by atoms with E-state index in [1.165, 1.54) is 0 Å². The van der Waals surface area contributed by atoms with E-state index in [0.717, 1.165) is 0 Å². The maximum absolute atomic E-state index is 10.6. The fourth-order valence-corrected chi connectivity index (χ4v) is 1.37. The Bertz CT molecular complexity index is 246. The Morgan fingerprint density at radius 3 is 2.00 bits per heavy atom. The largest absolute Gasteiger partial charge is 0.478 e. The summed E-state index contributed by atoms with van der Waals surface area (Å²) in [4.78, 5) is 20.9. The summed E-state index contributed by atoms with van der Waals surface area (Å²) in [7, 11) is 0. The first-order valence-corrected chi connectivity index (χ1v) is 4.86. The lowest BCUT2D eigenvalue weighted by molar-refractivity contribution is -0.135. The van der Waals surface area contributed by atoms with Crippen molar-refractivity contribution in [2.45, 2.75) is 6.42 Å². The van der Waals surface area contributed by atoms with Crippen molar-refractivity contribution in [2.24, 2.45) is 5.92 Å². The average molecular weight is 241 g/mol. The molecule has 0 heterocycles. The molecule has 4 nitrogen and oxygen atoms in total. The molecule has 0 aromatic carbocycles. The first-order chi connectivity index (χ1) is 6.51.